The third-order valence-corrected chi connectivity index (χ3v) is 3.20. The molecule has 3 nitrogen and oxygen atoms in total. The van der Waals surface area contributed by atoms with Crippen LogP contribution in [0.2, 0.25) is 5.02 Å². The van der Waals surface area contributed by atoms with Crippen LogP contribution in [0.5, 0.6) is 0 Å². The molecule has 0 saturated heterocycles. The van der Waals surface area contributed by atoms with E-state index in [1.165, 1.54) is 12.2 Å². The fraction of sp³-hybridized carbons (Fsp3) is 0.417. The van der Waals surface area contributed by atoms with Gasteiger partial charge < -0.3 is 0 Å². The van der Waals surface area contributed by atoms with Crippen molar-refractivity contribution in [2.24, 2.45) is 5.92 Å². The molecule has 0 heterocycles. The van der Waals surface area contributed by atoms with Crippen LogP contribution < -0.4 is 0 Å². The molecule has 1 fully saturated rings. The Labute approximate surface area is 99.9 Å². The van der Waals surface area contributed by atoms with Crippen molar-refractivity contribution < 1.29 is 9.63 Å². The minimum Gasteiger partial charge on any atom is -0.275 e. The SMILES string of the molecule is CON(C)C(=O)C1CC1c1cccc(Cl)c1. The third-order valence-electron chi connectivity index (χ3n) is 2.97. The number of halogens is 1. The molecule has 2 rings (SSSR count). The van der Waals surface area contributed by atoms with Gasteiger partial charge in [0.15, 0.2) is 0 Å². The van der Waals surface area contributed by atoms with E-state index in [1.54, 1.807) is 7.05 Å². The quantitative estimate of drug-likeness (QED) is 0.759. The molecule has 4 heteroatoms. The van der Waals surface area contributed by atoms with Crippen molar-refractivity contribution in [2.75, 3.05) is 14.2 Å². The number of hydroxylamine groups is 2. The van der Waals surface area contributed by atoms with Crippen molar-refractivity contribution in [2.45, 2.75) is 12.3 Å². The van der Waals surface area contributed by atoms with E-state index in [4.69, 9.17) is 16.4 Å². The molecule has 16 heavy (non-hydrogen) atoms. The molecule has 1 aromatic carbocycles. The van der Waals surface area contributed by atoms with Crippen molar-refractivity contribution in [3.8, 4) is 0 Å². The molecule has 2 unspecified atom stereocenters. The highest BCUT2D eigenvalue weighted by Crippen LogP contribution is 2.48. The van der Waals surface area contributed by atoms with Gasteiger partial charge in [0, 0.05) is 18.0 Å². The summed E-state index contributed by atoms with van der Waals surface area (Å²) in [4.78, 5) is 16.7. The average Bonchev–Trinajstić information content (AvgIpc) is 3.07. The molecule has 0 aromatic heterocycles. The van der Waals surface area contributed by atoms with Gasteiger partial charge in [0.2, 0.25) is 5.91 Å². The predicted molar refractivity (Wildman–Crippen MR) is 62.1 cm³/mol. The molecule has 0 radical (unpaired) electrons. The number of amides is 1. The van der Waals surface area contributed by atoms with Crippen molar-refractivity contribution >= 4 is 17.5 Å². The number of hydrogen-bond donors (Lipinski definition) is 0. The number of carbonyl (C=O) groups is 1. The monoisotopic (exact) mass is 239 g/mol. The lowest BCUT2D eigenvalue weighted by molar-refractivity contribution is -0.170. The van der Waals surface area contributed by atoms with Gasteiger partial charge in [-0.25, -0.2) is 5.06 Å². The van der Waals surface area contributed by atoms with Gasteiger partial charge in [-0.2, -0.15) is 0 Å². The molecule has 86 valence electrons. The number of carbonyl (C=O) groups excluding carboxylic acids is 1. The van der Waals surface area contributed by atoms with E-state index in [9.17, 15) is 4.79 Å². The van der Waals surface area contributed by atoms with Crippen LogP contribution in [0.1, 0.15) is 17.9 Å². The van der Waals surface area contributed by atoms with Crippen LogP contribution >= 0.6 is 11.6 Å². The Morgan fingerprint density at radius 2 is 2.31 bits per heavy atom. The Bertz CT molecular complexity index is 408. The summed E-state index contributed by atoms with van der Waals surface area (Å²) in [6, 6.07) is 7.69. The van der Waals surface area contributed by atoms with Gasteiger partial charge in [-0.1, -0.05) is 23.7 Å². The van der Waals surface area contributed by atoms with E-state index in [0.717, 1.165) is 17.0 Å². The van der Waals surface area contributed by atoms with Crippen molar-refractivity contribution in [1.82, 2.24) is 5.06 Å². The molecular formula is C12H14ClNO2. The second-order valence-electron chi connectivity index (χ2n) is 4.02. The van der Waals surface area contributed by atoms with E-state index >= 15 is 0 Å². The minimum absolute atomic E-state index is 0.0347. The van der Waals surface area contributed by atoms with E-state index in [-0.39, 0.29) is 11.8 Å². The van der Waals surface area contributed by atoms with Crippen LogP contribution in [0.25, 0.3) is 0 Å². The molecule has 2 atom stereocenters. The summed E-state index contributed by atoms with van der Waals surface area (Å²) in [5.74, 6) is 0.375. The van der Waals surface area contributed by atoms with Crippen LogP contribution in [0.4, 0.5) is 0 Å². The second-order valence-corrected chi connectivity index (χ2v) is 4.46. The fourth-order valence-electron chi connectivity index (χ4n) is 1.90. The zero-order valence-electron chi connectivity index (χ0n) is 9.31. The maximum atomic E-state index is 11.8. The van der Waals surface area contributed by atoms with Crippen LogP contribution in [0.15, 0.2) is 24.3 Å². The highest BCUT2D eigenvalue weighted by Gasteiger charge is 2.45. The summed E-state index contributed by atoms with van der Waals surface area (Å²) in [6.45, 7) is 0. The first-order chi connectivity index (χ1) is 7.63. The first kappa shape index (κ1) is 11.4. The van der Waals surface area contributed by atoms with Crippen LogP contribution in [0.3, 0.4) is 0 Å². The standard InChI is InChI=1S/C12H14ClNO2/c1-14(16-2)12(15)11-7-10(11)8-4-3-5-9(13)6-8/h3-6,10-11H,7H2,1-2H3. The Kier molecular flexibility index (Phi) is 3.17. The Hall–Kier alpha value is -1.06. The molecule has 1 amide bonds. The number of hydrogen-bond acceptors (Lipinski definition) is 2. The van der Waals surface area contributed by atoms with Gasteiger partial charge in [-0.15, -0.1) is 0 Å². The summed E-state index contributed by atoms with van der Waals surface area (Å²) >= 11 is 5.91. The summed E-state index contributed by atoms with van der Waals surface area (Å²) in [6.07, 6.45) is 0.882. The molecular weight excluding hydrogens is 226 g/mol. The lowest BCUT2D eigenvalue weighted by Gasteiger charge is -2.13. The van der Waals surface area contributed by atoms with E-state index < -0.39 is 0 Å². The van der Waals surface area contributed by atoms with Gasteiger partial charge in [-0.05, 0) is 30.0 Å². The number of nitrogens with zero attached hydrogens (tertiary/aromatic N) is 1. The first-order valence-electron chi connectivity index (χ1n) is 5.20. The smallest absolute Gasteiger partial charge is 0.249 e. The molecule has 1 saturated carbocycles. The zero-order valence-corrected chi connectivity index (χ0v) is 10.1. The van der Waals surface area contributed by atoms with E-state index in [2.05, 4.69) is 0 Å². The van der Waals surface area contributed by atoms with Crippen LogP contribution in [0, 0.1) is 5.92 Å². The highest BCUT2D eigenvalue weighted by molar-refractivity contribution is 6.30. The van der Waals surface area contributed by atoms with Crippen molar-refractivity contribution in [3.05, 3.63) is 34.9 Å². The van der Waals surface area contributed by atoms with Gasteiger partial charge in [-0.3, -0.25) is 9.63 Å². The minimum atomic E-state index is 0.0347. The first-order valence-corrected chi connectivity index (χ1v) is 5.58. The number of benzene rings is 1. The lowest BCUT2D eigenvalue weighted by atomic mass is 10.1. The zero-order chi connectivity index (χ0) is 11.7. The topological polar surface area (TPSA) is 29.5 Å². The molecule has 0 bridgehead atoms. The third kappa shape index (κ3) is 2.20. The Morgan fingerprint density at radius 3 is 2.94 bits per heavy atom. The predicted octanol–water partition coefficient (Wildman–Crippen LogP) is 2.46. The molecule has 0 N–H and O–H groups in total. The van der Waals surface area contributed by atoms with E-state index in [1.807, 2.05) is 24.3 Å². The molecule has 1 aliphatic carbocycles. The maximum absolute atomic E-state index is 11.8. The van der Waals surface area contributed by atoms with Gasteiger partial charge in [0.05, 0.1) is 7.11 Å². The average molecular weight is 240 g/mol. The molecule has 1 aliphatic rings. The summed E-state index contributed by atoms with van der Waals surface area (Å²) in [5.41, 5.74) is 1.13. The summed E-state index contributed by atoms with van der Waals surface area (Å²) in [5, 5.41) is 2.01. The highest BCUT2D eigenvalue weighted by atomic mass is 35.5. The van der Waals surface area contributed by atoms with E-state index in [0.29, 0.717) is 5.92 Å². The van der Waals surface area contributed by atoms with Crippen LogP contribution in [-0.2, 0) is 9.63 Å². The fourth-order valence-corrected chi connectivity index (χ4v) is 2.10. The van der Waals surface area contributed by atoms with Crippen molar-refractivity contribution in [1.29, 1.82) is 0 Å². The van der Waals surface area contributed by atoms with Gasteiger partial charge in [0.1, 0.15) is 0 Å². The normalized spacial score (nSPS) is 22.9. The summed E-state index contributed by atoms with van der Waals surface area (Å²) < 4.78 is 0. The van der Waals surface area contributed by atoms with Crippen molar-refractivity contribution in [3.63, 3.8) is 0 Å². The molecule has 0 spiro atoms. The maximum Gasteiger partial charge on any atom is 0.249 e. The largest absolute Gasteiger partial charge is 0.275 e. The van der Waals surface area contributed by atoms with Crippen LogP contribution in [-0.4, -0.2) is 25.1 Å². The van der Waals surface area contributed by atoms with Gasteiger partial charge in [0.25, 0.3) is 0 Å². The molecule has 0 aliphatic heterocycles. The molecule has 1 aromatic rings. The lowest BCUT2D eigenvalue weighted by Crippen LogP contribution is -2.27. The Balaban J connectivity index is 2.04. The second kappa shape index (κ2) is 4.44. The number of rotatable bonds is 3. The Morgan fingerprint density at radius 1 is 1.56 bits per heavy atom. The summed E-state index contributed by atoms with van der Waals surface area (Å²) in [7, 11) is 3.13. The van der Waals surface area contributed by atoms with Gasteiger partial charge >= 0.3 is 0 Å².